The van der Waals surface area contributed by atoms with Gasteiger partial charge in [-0.05, 0) is 18.5 Å². The Labute approximate surface area is 187 Å². The minimum atomic E-state index is -1.51. The second kappa shape index (κ2) is 12.6. The first-order valence-electron chi connectivity index (χ1n) is 9.76. The molecule has 0 aliphatic rings. The maximum absolute atomic E-state index is 11.1. The zero-order valence-corrected chi connectivity index (χ0v) is 19.3. The first kappa shape index (κ1) is 25.1. The van der Waals surface area contributed by atoms with Crippen molar-refractivity contribution in [1.82, 2.24) is 15.3 Å². The van der Waals surface area contributed by atoms with Crippen molar-refractivity contribution in [3.05, 3.63) is 63.7 Å². The first-order chi connectivity index (χ1) is 15.4. The maximum atomic E-state index is 11.1. The molecule has 32 heavy (non-hydrogen) atoms. The van der Waals surface area contributed by atoms with Crippen LogP contribution in [0.25, 0.3) is 11.0 Å². The molecule has 0 fully saturated rings. The fourth-order valence-corrected chi connectivity index (χ4v) is 3.69. The number of aromatic nitrogens is 2. The van der Waals surface area contributed by atoms with Gasteiger partial charge in [0.25, 0.3) is 17.4 Å². The van der Waals surface area contributed by atoms with Crippen molar-refractivity contribution in [3.63, 3.8) is 0 Å². The Morgan fingerprint density at radius 1 is 1.09 bits per heavy atom. The SMILES string of the molecule is CCO[P+](=O)Cc1ccccc1.CNCc1cc([N+](=O)[O-])cc2nc(OC)c(OC)nc12. The van der Waals surface area contributed by atoms with Gasteiger partial charge in [0.05, 0.1) is 31.3 Å². The highest BCUT2D eigenvalue weighted by Crippen LogP contribution is 2.30. The van der Waals surface area contributed by atoms with E-state index < -0.39 is 13.0 Å². The summed E-state index contributed by atoms with van der Waals surface area (Å²) in [6.45, 7) is 2.79. The fourth-order valence-electron chi connectivity index (χ4n) is 2.80. The van der Waals surface area contributed by atoms with Gasteiger partial charge in [0.15, 0.2) is 0 Å². The third-order valence-corrected chi connectivity index (χ3v) is 5.33. The van der Waals surface area contributed by atoms with E-state index in [1.54, 1.807) is 7.05 Å². The number of hydrogen-bond acceptors (Lipinski definition) is 9. The number of ether oxygens (including phenoxy) is 2. The van der Waals surface area contributed by atoms with Crippen LogP contribution in [0.4, 0.5) is 5.69 Å². The molecular weight excluding hydrogens is 435 g/mol. The summed E-state index contributed by atoms with van der Waals surface area (Å²) in [6, 6.07) is 12.5. The number of fused-ring (bicyclic) bond motifs is 1. The van der Waals surface area contributed by atoms with E-state index >= 15 is 0 Å². The second-order valence-corrected chi connectivity index (χ2v) is 7.64. The molecule has 0 aliphatic heterocycles. The Bertz CT molecular complexity index is 1070. The van der Waals surface area contributed by atoms with E-state index in [1.165, 1.54) is 26.4 Å². The molecule has 1 heterocycles. The van der Waals surface area contributed by atoms with Crippen LogP contribution in [0.1, 0.15) is 18.1 Å². The van der Waals surface area contributed by atoms with Gasteiger partial charge in [-0.15, -0.1) is 4.52 Å². The van der Waals surface area contributed by atoms with Crippen LogP contribution in [0, 0.1) is 10.1 Å². The lowest BCUT2D eigenvalue weighted by molar-refractivity contribution is -0.384. The van der Waals surface area contributed by atoms with Gasteiger partial charge in [-0.3, -0.25) is 10.1 Å². The number of nitro benzene ring substituents is 1. The number of nitrogens with one attached hydrogen (secondary N) is 1. The van der Waals surface area contributed by atoms with Crippen LogP contribution in [-0.4, -0.2) is 42.8 Å². The molecule has 0 amide bonds. The minimum Gasteiger partial charge on any atom is -0.477 e. The van der Waals surface area contributed by atoms with E-state index in [2.05, 4.69) is 15.3 Å². The fraction of sp³-hybridized carbons (Fsp3) is 0.333. The zero-order valence-electron chi connectivity index (χ0n) is 18.4. The Balaban J connectivity index is 0.000000258. The number of rotatable bonds is 9. The normalized spacial score (nSPS) is 10.8. The predicted octanol–water partition coefficient (Wildman–Crippen LogP) is 4.24. The summed E-state index contributed by atoms with van der Waals surface area (Å²) in [5, 5.41) is 13.9. The van der Waals surface area contributed by atoms with Gasteiger partial charge >= 0.3 is 8.03 Å². The topological polar surface area (TPSA) is 126 Å². The van der Waals surface area contributed by atoms with E-state index in [-0.39, 0.29) is 17.4 Å². The average Bonchev–Trinajstić information content (AvgIpc) is 2.79. The first-order valence-corrected chi connectivity index (χ1v) is 11.1. The molecule has 0 spiro atoms. The van der Waals surface area contributed by atoms with Crippen LogP contribution in [0.3, 0.4) is 0 Å². The summed E-state index contributed by atoms with van der Waals surface area (Å²) in [5.74, 6) is 0.433. The molecule has 3 rings (SSSR count). The molecule has 0 saturated heterocycles. The van der Waals surface area contributed by atoms with Crippen molar-refractivity contribution in [2.24, 2.45) is 0 Å². The highest BCUT2D eigenvalue weighted by Gasteiger charge is 2.18. The van der Waals surface area contributed by atoms with Crippen molar-refractivity contribution in [2.45, 2.75) is 19.6 Å². The van der Waals surface area contributed by atoms with Crippen LogP contribution in [-0.2, 0) is 21.8 Å². The lowest BCUT2D eigenvalue weighted by Gasteiger charge is -2.09. The standard InChI is InChI=1S/C12H14N4O4.C9H12O2P/c1-13-6-7-4-8(16(17)18)5-9-10(7)15-12(20-3)11(14-9)19-2;1-2-11-12(10)8-9-6-4-3-5-7-9/h4-5,13H,6H2,1-3H3;3-7H,2,8H2,1H3/q;+1. The molecule has 0 aliphatic carbocycles. The van der Waals surface area contributed by atoms with Crippen molar-refractivity contribution in [3.8, 4) is 11.8 Å². The van der Waals surface area contributed by atoms with E-state index in [9.17, 15) is 14.7 Å². The molecule has 1 atom stereocenters. The van der Waals surface area contributed by atoms with Gasteiger partial charge < -0.3 is 14.8 Å². The van der Waals surface area contributed by atoms with Gasteiger partial charge in [-0.1, -0.05) is 30.3 Å². The summed E-state index contributed by atoms with van der Waals surface area (Å²) < 4.78 is 26.3. The molecule has 3 aromatic rings. The summed E-state index contributed by atoms with van der Waals surface area (Å²) in [4.78, 5) is 19.0. The van der Waals surface area contributed by atoms with Gasteiger partial charge in [0.2, 0.25) is 6.16 Å². The van der Waals surface area contributed by atoms with Gasteiger partial charge in [0.1, 0.15) is 5.52 Å². The van der Waals surface area contributed by atoms with Crippen LogP contribution in [0.2, 0.25) is 0 Å². The minimum absolute atomic E-state index is 0.0377. The highest BCUT2D eigenvalue weighted by atomic mass is 31.1. The van der Waals surface area contributed by atoms with Crippen molar-refractivity contribution in [2.75, 3.05) is 27.9 Å². The molecule has 2 aromatic carbocycles. The van der Waals surface area contributed by atoms with Crippen LogP contribution >= 0.6 is 8.03 Å². The molecule has 0 radical (unpaired) electrons. The van der Waals surface area contributed by atoms with Crippen molar-refractivity contribution < 1.29 is 23.5 Å². The number of benzene rings is 2. The van der Waals surface area contributed by atoms with E-state index in [0.717, 1.165) is 5.56 Å². The molecule has 1 aromatic heterocycles. The highest BCUT2D eigenvalue weighted by molar-refractivity contribution is 7.38. The monoisotopic (exact) mass is 461 g/mol. The average molecular weight is 461 g/mol. The van der Waals surface area contributed by atoms with Crippen molar-refractivity contribution in [1.29, 1.82) is 0 Å². The quantitative estimate of drug-likeness (QED) is 0.283. The lowest BCUT2D eigenvalue weighted by atomic mass is 10.1. The number of nitrogens with zero attached hydrogens (tertiary/aromatic N) is 3. The Morgan fingerprint density at radius 3 is 2.31 bits per heavy atom. The number of non-ortho nitro benzene ring substituents is 1. The van der Waals surface area contributed by atoms with Gasteiger partial charge in [-0.2, -0.15) is 0 Å². The molecule has 1 N–H and O–H groups in total. The maximum Gasteiger partial charge on any atom is 0.512 e. The lowest BCUT2D eigenvalue weighted by Crippen LogP contribution is -2.08. The van der Waals surface area contributed by atoms with Gasteiger partial charge in [-0.25, -0.2) is 9.97 Å². The second-order valence-electron chi connectivity index (χ2n) is 6.40. The zero-order chi connectivity index (χ0) is 23.5. The molecule has 170 valence electrons. The van der Waals surface area contributed by atoms with E-state index in [4.69, 9.17) is 14.0 Å². The molecule has 11 heteroatoms. The van der Waals surface area contributed by atoms with Crippen LogP contribution in [0.5, 0.6) is 11.8 Å². The molecular formula is C21H26N4O6P+. The molecule has 10 nitrogen and oxygen atoms in total. The van der Waals surface area contributed by atoms with Gasteiger partial charge in [0, 0.05) is 29.8 Å². The Morgan fingerprint density at radius 2 is 1.75 bits per heavy atom. The summed E-state index contributed by atoms with van der Waals surface area (Å²) >= 11 is 0. The van der Waals surface area contributed by atoms with E-state index in [0.29, 0.717) is 35.9 Å². The third-order valence-electron chi connectivity index (χ3n) is 4.16. The Hall–Kier alpha value is -3.20. The number of nitro groups is 1. The van der Waals surface area contributed by atoms with Crippen molar-refractivity contribution >= 4 is 24.7 Å². The van der Waals surface area contributed by atoms with Crippen LogP contribution < -0.4 is 14.8 Å². The molecule has 0 bridgehead atoms. The summed E-state index contributed by atoms with van der Waals surface area (Å²) in [7, 11) is 3.14. The largest absolute Gasteiger partial charge is 0.512 e. The van der Waals surface area contributed by atoms with E-state index in [1.807, 2.05) is 37.3 Å². The van der Waals surface area contributed by atoms with Crippen LogP contribution in [0.15, 0.2) is 42.5 Å². The predicted molar refractivity (Wildman–Crippen MR) is 121 cm³/mol. The number of hydrogen-bond donors (Lipinski definition) is 1. The molecule has 0 saturated carbocycles. The third kappa shape index (κ3) is 6.91. The summed E-state index contributed by atoms with van der Waals surface area (Å²) in [6.07, 6.45) is 0.518. The number of methoxy groups -OCH3 is 2. The summed E-state index contributed by atoms with van der Waals surface area (Å²) in [5.41, 5.74) is 2.63. The smallest absolute Gasteiger partial charge is 0.477 e. The molecule has 1 unspecified atom stereocenters. The Kier molecular flexibility index (Phi) is 9.87.